The topological polar surface area (TPSA) is 59.8 Å². The Morgan fingerprint density at radius 1 is 1.12 bits per heavy atom. The second kappa shape index (κ2) is 7.16. The van der Waals surface area contributed by atoms with Gasteiger partial charge in [0.05, 0.1) is 11.2 Å². The highest BCUT2D eigenvalue weighted by Crippen LogP contribution is 2.34. The highest BCUT2D eigenvalue weighted by molar-refractivity contribution is 6.33. The summed E-state index contributed by atoms with van der Waals surface area (Å²) in [5.74, 6) is 0.766. The number of hydrogen-bond acceptors (Lipinski definition) is 3. The van der Waals surface area contributed by atoms with Crippen LogP contribution in [-0.2, 0) is 17.8 Å². The van der Waals surface area contributed by atoms with Crippen LogP contribution < -0.4 is 5.32 Å². The molecule has 3 heterocycles. The zero-order valence-corrected chi connectivity index (χ0v) is 15.1. The van der Waals surface area contributed by atoms with Gasteiger partial charge < -0.3 is 5.32 Å². The molecule has 0 spiro atoms. The van der Waals surface area contributed by atoms with Gasteiger partial charge in [-0.2, -0.15) is 5.10 Å². The molecule has 1 amide bonds. The van der Waals surface area contributed by atoms with E-state index >= 15 is 0 Å². The quantitative estimate of drug-likeness (QED) is 0.881. The van der Waals surface area contributed by atoms with Crippen LogP contribution in [0.15, 0.2) is 18.5 Å². The van der Waals surface area contributed by atoms with Crippen molar-refractivity contribution >= 4 is 23.3 Å². The number of halogens is 1. The molecule has 0 radical (unpaired) electrons. The van der Waals surface area contributed by atoms with Crippen LogP contribution in [0.2, 0.25) is 5.02 Å². The van der Waals surface area contributed by atoms with Crippen molar-refractivity contribution in [2.75, 3.05) is 5.32 Å². The molecule has 1 saturated carbocycles. The number of anilines is 1. The van der Waals surface area contributed by atoms with Gasteiger partial charge in [-0.05, 0) is 38.2 Å². The summed E-state index contributed by atoms with van der Waals surface area (Å²) in [5.41, 5.74) is 3.18. The largest absolute Gasteiger partial charge is 0.310 e. The predicted molar refractivity (Wildman–Crippen MR) is 98.6 cm³/mol. The van der Waals surface area contributed by atoms with Crippen molar-refractivity contribution < 1.29 is 4.79 Å². The SMILES string of the molecule is O=C(Nc1cc(-c2cnn3c2CCCC3)c(Cl)cn1)C1CCCCC1. The van der Waals surface area contributed by atoms with Crippen LogP contribution in [0, 0.1) is 5.92 Å². The van der Waals surface area contributed by atoms with Gasteiger partial charge in [0.1, 0.15) is 5.82 Å². The molecule has 1 aliphatic heterocycles. The van der Waals surface area contributed by atoms with Gasteiger partial charge in [-0.15, -0.1) is 0 Å². The average Bonchev–Trinajstić information content (AvgIpc) is 3.08. The number of amides is 1. The lowest BCUT2D eigenvalue weighted by molar-refractivity contribution is -0.120. The lowest BCUT2D eigenvalue weighted by Crippen LogP contribution is -2.25. The standard InChI is InChI=1S/C19H23ClN4O/c20-16-12-21-18(23-19(25)13-6-2-1-3-7-13)10-14(16)15-11-22-24-9-5-4-8-17(15)24/h10-13H,1-9H2,(H,21,23,25). The molecule has 5 nitrogen and oxygen atoms in total. The Morgan fingerprint density at radius 3 is 2.80 bits per heavy atom. The highest BCUT2D eigenvalue weighted by Gasteiger charge is 2.22. The van der Waals surface area contributed by atoms with Gasteiger partial charge in [-0.25, -0.2) is 4.98 Å². The van der Waals surface area contributed by atoms with Crippen LogP contribution in [0.4, 0.5) is 5.82 Å². The summed E-state index contributed by atoms with van der Waals surface area (Å²) in [5, 5.41) is 8.07. The van der Waals surface area contributed by atoms with Crippen molar-refractivity contribution in [3.8, 4) is 11.1 Å². The Kier molecular flexibility index (Phi) is 4.75. The number of aryl methyl sites for hydroxylation is 1. The first-order valence-corrected chi connectivity index (χ1v) is 9.61. The molecule has 1 N–H and O–H groups in total. The smallest absolute Gasteiger partial charge is 0.228 e. The normalized spacial score (nSPS) is 18.0. The maximum absolute atomic E-state index is 12.5. The Bertz CT molecular complexity index is 780. The minimum absolute atomic E-state index is 0.0810. The molecular formula is C19H23ClN4O. The summed E-state index contributed by atoms with van der Waals surface area (Å²) in [4.78, 5) is 16.8. The minimum Gasteiger partial charge on any atom is -0.310 e. The molecule has 1 aliphatic carbocycles. The van der Waals surface area contributed by atoms with Gasteiger partial charge in [0.25, 0.3) is 0 Å². The van der Waals surface area contributed by atoms with E-state index in [1.807, 2.05) is 12.3 Å². The molecule has 25 heavy (non-hydrogen) atoms. The lowest BCUT2D eigenvalue weighted by Gasteiger charge is -2.20. The Balaban J connectivity index is 1.58. The maximum Gasteiger partial charge on any atom is 0.228 e. The summed E-state index contributed by atoms with van der Waals surface area (Å²) in [6.45, 7) is 0.962. The van der Waals surface area contributed by atoms with E-state index in [9.17, 15) is 4.79 Å². The molecule has 2 aromatic rings. The van der Waals surface area contributed by atoms with Crippen LogP contribution in [0.5, 0.6) is 0 Å². The molecule has 0 atom stereocenters. The van der Waals surface area contributed by atoms with Gasteiger partial charge >= 0.3 is 0 Å². The van der Waals surface area contributed by atoms with Crippen molar-refractivity contribution in [2.24, 2.45) is 5.92 Å². The molecule has 0 saturated heterocycles. The number of nitrogens with one attached hydrogen (secondary N) is 1. The molecule has 0 aromatic carbocycles. The molecule has 6 heteroatoms. The van der Waals surface area contributed by atoms with E-state index in [4.69, 9.17) is 11.6 Å². The van der Waals surface area contributed by atoms with Crippen molar-refractivity contribution in [1.82, 2.24) is 14.8 Å². The number of carbonyl (C=O) groups excluding carboxylic acids is 1. The number of carbonyl (C=O) groups is 1. The van der Waals surface area contributed by atoms with Crippen LogP contribution in [0.3, 0.4) is 0 Å². The second-order valence-corrected chi connectivity index (χ2v) is 7.47. The molecular weight excluding hydrogens is 336 g/mol. The van der Waals surface area contributed by atoms with Crippen molar-refractivity contribution in [2.45, 2.75) is 57.9 Å². The Labute approximate surface area is 152 Å². The number of pyridine rings is 1. The molecule has 2 aromatic heterocycles. The first kappa shape index (κ1) is 16.6. The van der Waals surface area contributed by atoms with E-state index in [-0.39, 0.29) is 11.8 Å². The van der Waals surface area contributed by atoms with Gasteiger partial charge in [0.2, 0.25) is 5.91 Å². The van der Waals surface area contributed by atoms with Gasteiger partial charge in [0, 0.05) is 35.5 Å². The van der Waals surface area contributed by atoms with Gasteiger partial charge in [-0.1, -0.05) is 30.9 Å². The molecule has 132 valence electrons. The van der Waals surface area contributed by atoms with Crippen molar-refractivity contribution in [3.05, 3.63) is 29.2 Å². The fourth-order valence-corrected chi connectivity index (χ4v) is 4.16. The summed E-state index contributed by atoms with van der Waals surface area (Å²) in [6, 6.07) is 1.88. The Hall–Kier alpha value is -1.88. The molecule has 0 bridgehead atoms. The highest BCUT2D eigenvalue weighted by atomic mass is 35.5. The Morgan fingerprint density at radius 2 is 1.96 bits per heavy atom. The second-order valence-electron chi connectivity index (χ2n) is 7.06. The lowest BCUT2D eigenvalue weighted by atomic mass is 9.89. The van der Waals surface area contributed by atoms with Crippen LogP contribution in [0.25, 0.3) is 11.1 Å². The third kappa shape index (κ3) is 3.43. The van der Waals surface area contributed by atoms with Gasteiger partial charge in [-0.3, -0.25) is 9.48 Å². The molecule has 4 rings (SSSR count). The summed E-state index contributed by atoms with van der Waals surface area (Å²) in [6.07, 6.45) is 12.3. The third-order valence-corrected chi connectivity index (χ3v) is 5.66. The van der Waals surface area contributed by atoms with E-state index in [1.54, 1.807) is 6.20 Å². The van der Waals surface area contributed by atoms with Gasteiger partial charge in [0.15, 0.2) is 0 Å². The first-order valence-electron chi connectivity index (χ1n) is 9.24. The number of hydrogen-bond donors (Lipinski definition) is 1. The van der Waals surface area contributed by atoms with E-state index in [0.29, 0.717) is 10.8 Å². The number of fused-ring (bicyclic) bond motifs is 1. The van der Waals surface area contributed by atoms with E-state index in [2.05, 4.69) is 20.1 Å². The number of nitrogens with zero attached hydrogens (tertiary/aromatic N) is 3. The fraction of sp³-hybridized carbons (Fsp3) is 0.526. The predicted octanol–water partition coefficient (Wildman–Crippen LogP) is 4.45. The van der Waals surface area contributed by atoms with Crippen molar-refractivity contribution in [3.63, 3.8) is 0 Å². The van der Waals surface area contributed by atoms with Crippen LogP contribution in [0.1, 0.15) is 50.6 Å². The average molecular weight is 359 g/mol. The summed E-state index contributed by atoms with van der Waals surface area (Å²) < 4.78 is 2.07. The fourth-order valence-electron chi connectivity index (χ4n) is 3.95. The number of rotatable bonds is 3. The van der Waals surface area contributed by atoms with Crippen LogP contribution >= 0.6 is 11.6 Å². The van der Waals surface area contributed by atoms with Crippen LogP contribution in [-0.4, -0.2) is 20.7 Å². The third-order valence-electron chi connectivity index (χ3n) is 5.35. The maximum atomic E-state index is 12.5. The number of aromatic nitrogens is 3. The van der Waals surface area contributed by atoms with E-state index in [0.717, 1.165) is 49.8 Å². The van der Waals surface area contributed by atoms with Crippen molar-refractivity contribution in [1.29, 1.82) is 0 Å². The van der Waals surface area contributed by atoms with E-state index in [1.165, 1.54) is 25.0 Å². The molecule has 2 aliphatic rings. The summed E-state index contributed by atoms with van der Waals surface area (Å²) in [7, 11) is 0. The zero-order valence-electron chi connectivity index (χ0n) is 14.3. The molecule has 0 unspecified atom stereocenters. The first-order chi connectivity index (χ1) is 12.2. The monoisotopic (exact) mass is 358 g/mol. The minimum atomic E-state index is 0.0810. The molecule has 1 fully saturated rings. The zero-order chi connectivity index (χ0) is 17.2. The summed E-state index contributed by atoms with van der Waals surface area (Å²) >= 11 is 6.40. The van der Waals surface area contributed by atoms with E-state index < -0.39 is 0 Å².